The van der Waals surface area contributed by atoms with Crippen LogP contribution in [0.2, 0.25) is 0 Å². The molecule has 2 heterocycles. The van der Waals surface area contributed by atoms with Gasteiger partial charge in [0.2, 0.25) is 0 Å². The topological polar surface area (TPSA) is 81.1 Å². The first kappa shape index (κ1) is 19.5. The van der Waals surface area contributed by atoms with Crippen LogP contribution in [-0.4, -0.2) is 40.6 Å². The van der Waals surface area contributed by atoms with Crippen molar-refractivity contribution in [3.05, 3.63) is 46.8 Å². The maximum Gasteiger partial charge on any atom is 0.274 e. The summed E-state index contributed by atoms with van der Waals surface area (Å²) in [6, 6.07) is 8.34. The van der Waals surface area contributed by atoms with Crippen molar-refractivity contribution in [2.24, 2.45) is 0 Å². The minimum Gasteiger partial charge on any atom is -0.377 e. The number of hydrogen-bond acceptors (Lipinski definition) is 5. The molecular formula is C20H29N5O2. The highest BCUT2D eigenvalue weighted by Gasteiger charge is 2.22. The van der Waals surface area contributed by atoms with E-state index in [1.54, 1.807) is 0 Å². The number of carbonyl (C=O) groups is 1. The van der Waals surface area contributed by atoms with Crippen molar-refractivity contribution in [1.29, 1.82) is 0 Å². The van der Waals surface area contributed by atoms with Gasteiger partial charge in [-0.05, 0) is 50.4 Å². The van der Waals surface area contributed by atoms with Gasteiger partial charge in [0.25, 0.3) is 5.91 Å². The molecule has 1 fully saturated rings. The van der Waals surface area contributed by atoms with Crippen LogP contribution in [0.1, 0.15) is 59.5 Å². The van der Waals surface area contributed by atoms with Crippen LogP contribution in [0.15, 0.2) is 24.3 Å². The van der Waals surface area contributed by atoms with Crippen LogP contribution in [0.4, 0.5) is 0 Å². The lowest BCUT2D eigenvalue weighted by Gasteiger charge is -2.23. The van der Waals surface area contributed by atoms with E-state index in [4.69, 9.17) is 4.74 Å². The van der Waals surface area contributed by atoms with E-state index >= 15 is 0 Å². The van der Waals surface area contributed by atoms with E-state index in [2.05, 4.69) is 27.9 Å². The van der Waals surface area contributed by atoms with Crippen LogP contribution in [-0.2, 0) is 17.9 Å². The van der Waals surface area contributed by atoms with Crippen molar-refractivity contribution in [3.8, 4) is 0 Å². The fourth-order valence-electron chi connectivity index (χ4n) is 3.41. The van der Waals surface area contributed by atoms with Crippen LogP contribution in [0.25, 0.3) is 0 Å². The molecule has 27 heavy (non-hydrogen) atoms. The third-order valence-electron chi connectivity index (χ3n) is 4.96. The van der Waals surface area contributed by atoms with Crippen LogP contribution < -0.4 is 10.6 Å². The first-order valence-corrected chi connectivity index (χ1v) is 9.76. The van der Waals surface area contributed by atoms with E-state index in [0.717, 1.165) is 55.8 Å². The van der Waals surface area contributed by atoms with Gasteiger partial charge < -0.3 is 15.4 Å². The molecule has 0 bridgehead atoms. The number of ether oxygens (including phenoxy) is 1. The van der Waals surface area contributed by atoms with Gasteiger partial charge in [-0.3, -0.25) is 4.79 Å². The summed E-state index contributed by atoms with van der Waals surface area (Å²) in [5, 5.41) is 14.7. The number of amides is 1. The number of carbonyl (C=O) groups excluding carboxylic acids is 1. The Morgan fingerprint density at radius 2 is 2.04 bits per heavy atom. The molecular weight excluding hydrogens is 342 g/mol. The molecule has 0 radical (unpaired) electrons. The smallest absolute Gasteiger partial charge is 0.274 e. The molecule has 1 aromatic heterocycles. The summed E-state index contributed by atoms with van der Waals surface area (Å²) in [4.78, 5) is 12.6. The molecule has 1 amide bonds. The normalized spacial score (nSPS) is 15.0. The largest absolute Gasteiger partial charge is 0.377 e. The van der Waals surface area contributed by atoms with Crippen molar-refractivity contribution >= 4 is 5.91 Å². The summed E-state index contributed by atoms with van der Waals surface area (Å²) >= 11 is 0. The second kappa shape index (κ2) is 9.62. The minimum absolute atomic E-state index is 0.183. The van der Waals surface area contributed by atoms with Crippen molar-refractivity contribution < 1.29 is 9.53 Å². The highest BCUT2D eigenvalue weighted by atomic mass is 16.5. The SMILES string of the molecule is CCCOCc1ccccc1CNC(=O)c1nnn(C2CCNCC2)c1C. The lowest BCUT2D eigenvalue weighted by molar-refractivity contribution is 0.0943. The molecule has 0 spiro atoms. The second-order valence-electron chi connectivity index (χ2n) is 6.95. The van der Waals surface area contributed by atoms with E-state index in [1.165, 1.54) is 0 Å². The minimum atomic E-state index is -0.183. The molecule has 0 unspecified atom stereocenters. The number of hydrogen-bond donors (Lipinski definition) is 2. The molecule has 0 atom stereocenters. The van der Waals surface area contributed by atoms with Crippen LogP contribution in [0, 0.1) is 6.92 Å². The summed E-state index contributed by atoms with van der Waals surface area (Å²) < 4.78 is 7.55. The summed E-state index contributed by atoms with van der Waals surface area (Å²) in [6.45, 7) is 7.70. The van der Waals surface area contributed by atoms with E-state index in [9.17, 15) is 4.79 Å². The average Bonchev–Trinajstić information content (AvgIpc) is 3.09. The summed E-state index contributed by atoms with van der Waals surface area (Å²) in [7, 11) is 0. The van der Waals surface area contributed by atoms with Gasteiger partial charge in [-0.15, -0.1) is 5.10 Å². The summed E-state index contributed by atoms with van der Waals surface area (Å²) in [5.74, 6) is -0.183. The molecule has 1 aliphatic rings. The Morgan fingerprint density at radius 1 is 1.30 bits per heavy atom. The van der Waals surface area contributed by atoms with Crippen molar-refractivity contribution in [3.63, 3.8) is 0 Å². The highest BCUT2D eigenvalue weighted by Crippen LogP contribution is 2.20. The van der Waals surface area contributed by atoms with Gasteiger partial charge >= 0.3 is 0 Å². The molecule has 3 rings (SSSR count). The quantitative estimate of drug-likeness (QED) is 0.696. The Labute approximate surface area is 160 Å². The molecule has 146 valence electrons. The highest BCUT2D eigenvalue weighted by molar-refractivity contribution is 5.93. The van der Waals surface area contributed by atoms with Crippen LogP contribution >= 0.6 is 0 Å². The third kappa shape index (κ3) is 4.93. The first-order chi connectivity index (χ1) is 13.2. The van der Waals surface area contributed by atoms with Gasteiger partial charge in [0.05, 0.1) is 18.3 Å². The van der Waals surface area contributed by atoms with E-state index in [-0.39, 0.29) is 5.91 Å². The number of piperidine rings is 1. The maximum absolute atomic E-state index is 12.6. The molecule has 1 aromatic carbocycles. The van der Waals surface area contributed by atoms with Gasteiger partial charge in [-0.25, -0.2) is 4.68 Å². The summed E-state index contributed by atoms with van der Waals surface area (Å²) in [5.41, 5.74) is 3.40. The standard InChI is InChI=1S/C20H29N5O2/c1-3-12-27-14-17-7-5-4-6-16(17)13-22-20(26)19-15(2)25(24-23-19)18-8-10-21-11-9-18/h4-7,18,21H,3,8-14H2,1-2H3,(H,22,26). The zero-order valence-corrected chi connectivity index (χ0v) is 16.2. The summed E-state index contributed by atoms with van der Waals surface area (Å²) in [6.07, 6.45) is 3.01. The molecule has 0 saturated carbocycles. The Kier molecular flexibility index (Phi) is 6.95. The first-order valence-electron chi connectivity index (χ1n) is 9.76. The number of benzene rings is 1. The van der Waals surface area contributed by atoms with Gasteiger partial charge in [0.15, 0.2) is 5.69 Å². The molecule has 1 aliphatic heterocycles. The van der Waals surface area contributed by atoms with Gasteiger partial charge in [-0.2, -0.15) is 0 Å². The molecule has 2 aromatic rings. The third-order valence-corrected chi connectivity index (χ3v) is 4.96. The average molecular weight is 371 g/mol. The molecule has 1 saturated heterocycles. The number of nitrogens with one attached hydrogen (secondary N) is 2. The van der Waals surface area contributed by atoms with Crippen molar-refractivity contribution in [1.82, 2.24) is 25.6 Å². The Balaban J connectivity index is 1.62. The Bertz CT molecular complexity index is 753. The van der Waals surface area contributed by atoms with E-state index in [1.807, 2.05) is 35.9 Å². The van der Waals surface area contributed by atoms with Gasteiger partial charge in [0.1, 0.15) is 0 Å². The Hall–Kier alpha value is -2.25. The molecule has 7 heteroatoms. The van der Waals surface area contributed by atoms with Gasteiger partial charge in [-0.1, -0.05) is 36.4 Å². The van der Waals surface area contributed by atoms with Crippen molar-refractivity contribution in [2.75, 3.05) is 19.7 Å². The second-order valence-corrected chi connectivity index (χ2v) is 6.95. The predicted molar refractivity (Wildman–Crippen MR) is 103 cm³/mol. The number of nitrogens with zero attached hydrogens (tertiary/aromatic N) is 3. The maximum atomic E-state index is 12.6. The van der Waals surface area contributed by atoms with Gasteiger partial charge in [0, 0.05) is 13.2 Å². The van der Waals surface area contributed by atoms with Crippen molar-refractivity contribution in [2.45, 2.75) is 52.3 Å². The van der Waals surface area contributed by atoms with E-state index in [0.29, 0.717) is 24.9 Å². The molecule has 2 N–H and O–H groups in total. The van der Waals surface area contributed by atoms with Crippen LogP contribution in [0.3, 0.4) is 0 Å². The number of aromatic nitrogens is 3. The number of rotatable bonds is 8. The Morgan fingerprint density at radius 3 is 2.78 bits per heavy atom. The monoisotopic (exact) mass is 371 g/mol. The molecule has 0 aliphatic carbocycles. The fraction of sp³-hybridized carbons (Fsp3) is 0.550. The predicted octanol–water partition coefficient (Wildman–Crippen LogP) is 2.37. The van der Waals surface area contributed by atoms with E-state index < -0.39 is 0 Å². The zero-order chi connectivity index (χ0) is 19.1. The fourth-order valence-corrected chi connectivity index (χ4v) is 3.41. The molecule has 7 nitrogen and oxygen atoms in total. The van der Waals surface area contributed by atoms with Crippen LogP contribution in [0.5, 0.6) is 0 Å². The lowest BCUT2D eigenvalue weighted by Crippen LogP contribution is -2.30. The lowest BCUT2D eigenvalue weighted by atomic mass is 10.1. The zero-order valence-electron chi connectivity index (χ0n) is 16.2.